The van der Waals surface area contributed by atoms with Crippen molar-refractivity contribution in [1.82, 2.24) is 4.98 Å². The van der Waals surface area contributed by atoms with E-state index in [1.807, 2.05) is 6.07 Å². The van der Waals surface area contributed by atoms with E-state index >= 15 is 0 Å². The zero-order valence-corrected chi connectivity index (χ0v) is 12.3. The summed E-state index contributed by atoms with van der Waals surface area (Å²) in [6.45, 7) is 0. The number of nitriles is 1. The number of hydrogen-bond donors (Lipinski definition) is 0. The van der Waals surface area contributed by atoms with Crippen LogP contribution in [0.4, 0.5) is 5.69 Å². The highest BCUT2D eigenvalue weighted by atomic mass is 32.2. The number of aromatic nitrogens is 1. The van der Waals surface area contributed by atoms with E-state index < -0.39 is 10.0 Å². The molecule has 0 aliphatic carbocycles. The number of anilines is 1. The topological polar surface area (TPSA) is 83.3 Å². The van der Waals surface area contributed by atoms with Crippen molar-refractivity contribution < 1.29 is 13.2 Å². The quantitative estimate of drug-likeness (QED) is 0.859. The standard InChI is InChI=1S/C14H13N3O3S/c1-17(12-4-3-5-13(8-12)20-2)21(18,19)14-7-6-11(9-15)16-10-14/h3-8,10H,1-2H3. The Morgan fingerprint density at radius 1 is 1.29 bits per heavy atom. The minimum atomic E-state index is -3.74. The number of ether oxygens (including phenoxy) is 1. The van der Waals surface area contributed by atoms with Crippen LogP contribution < -0.4 is 9.04 Å². The summed E-state index contributed by atoms with van der Waals surface area (Å²) in [6.07, 6.45) is 1.17. The molecule has 0 radical (unpaired) electrons. The fraction of sp³-hybridized carbons (Fsp3) is 0.143. The molecule has 0 unspecified atom stereocenters. The first-order valence-corrected chi connectivity index (χ1v) is 7.42. The van der Waals surface area contributed by atoms with Crippen LogP contribution in [0.1, 0.15) is 5.69 Å². The van der Waals surface area contributed by atoms with Gasteiger partial charge in [0.25, 0.3) is 10.0 Å². The van der Waals surface area contributed by atoms with Crippen LogP contribution in [-0.2, 0) is 10.0 Å². The third-order valence-electron chi connectivity index (χ3n) is 2.93. The van der Waals surface area contributed by atoms with Crippen molar-refractivity contribution in [2.45, 2.75) is 4.90 Å². The molecule has 0 spiro atoms. The number of pyridine rings is 1. The van der Waals surface area contributed by atoms with Crippen LogP contribution >= 0.6 is 0 Å². The molecule has 7 heteroatoms. The van der Waals surface area contributed by atoms with Crippen LogP contribution in [-0.4, -0.2) is 27.6 Å². The van der Waals surface area contributed by atoms with E-state index in [1.54, 1.807) is 24.3 Å². The summed E-state index contributed by atoms with van der Waals surface area (Å²) < 4.78 is 31.2. The lowest BCUT2D eigenvalue weighted by molar-refractivity contribution is 0.415. The molecule has 1 heterocycles. The second-order valence-electron chi connectivity index (χ2n) is 4.16. The molecule has 0 saturated carbocycles. The molecule has 0 amide bonds. The fourth-order valence-electron chi connectivity index (χ4n) is 1.70. The van der Waals surface area contributed by atoms with Gasteiger partial charge in [0.05, 0.1) is 12.8 Å². The maximum Gasteiger partial charge on any atom is 0.265 e. The molecular weight excluding hydrogens is 290 g/mol. The van der Waals surface area contributed by atoms with Gasteiger partial charge in [-0.15, -0.1) is 0 Å². The maximum absolute atomic E-state index is 12.5. The minimum Gasteiger partial charge on any atom is -0.497 e. The Kier molecular flexibility index (Phi) is 4.10. The van der Waals surface area contributed by atoms with Gasteiger partial charge in [0.2, 0.25) is 0 Å². The molecule has 0 atom stereocenters. The summed E-state index contributed by atoms with van der Waals surface area (Å²) in [5.74, 6) is 0.563. The third-order valence-corrected chi connectivity index (χ3v) is 4.70. The van der Waals surface area contributed by atoms with Crippen molar-refractivity contribution in [1.29, 1.82) is 5.26 Å². The first kappa shape index (κ1) is 14.8. The fourth-order valence-corrected chi connectivity index (χ4v) is 2.84. The highest BCUT2D eigenvalue weighted by molar-refractivity contribution is 7.92. The summed E-state index contributed by atoms with van der Waals surface area (Å²) in [6, 6.07) is 11.3. The molecule has 108 valence electrons. The molecule has 0 bridgehead atoms. The maximum atomic E-state index is 12.5. The van der Waals surface area contributed by atoms with Crippen LogP contribution in [0.3, 0.4) is 0 Å². The predicted octanol–water partition coefficient (Wildman–Crippen LogP) is 1.79. The van der Waals surface area contributed by atoms with E-state index in [9.17, 15) is 8.42 Å². The van der Waals surface area contributed by atoms with E-state index in [0.29, 0.717) is 11.4 Å². The Morgan fingerprint density at radius 3 is 2.62 bits per heavy atom. The lowest BCUT2D eigenvalue weighted by Gasteiger charge is -2.19. The molecule has 0 aliphatic rings. The molecule has 1 aromatic carbocycles. The van der Waals surface area contributed by atoms with E-state index in [0.717, 1.165) is 4.31 Å². The van der Waals surface area contributed by atoms with Gasteiger partial charge in [0.1, 0.15) is 22.4 Å². The molecule has 0 fully saturated rings. The van der Waals surface area contributed by atoms with Gasteiger partial charge in [0, 0.05) is 19.3 Å². The van der Waals surface area contributed by atoms with Crippen molar-refractivity contribution >= 4 is 15.7 Å². The summed E-state index contributed by atoms with van der Waals surface area (Å²) in [4.78, 5) is 3.80. The van der Waals surface area contributed by atoms with Crippen molar-refractivity contribution in [3.05, 3.63) is 48.3 Å². The van der Waals surface area contributed by atoms with Crippen LogP contribution in [0.15, 0.2) is 47.5 Å². The lowest BCUT2D eigenvalue weighted by Crippen LogP contribution is -2.26. The summed E-state index contributed by atoms with van der Waals surface area (Å²) in [5, 5.41) is 8.69. The molecule has 2 rings (SSSR count). The van der Waals surface area contributed by atoms with Gasteiger partial charge in [-0.1, -0.05) is 6.07 Å². The first-order valence-electron chi connectivity index (χ1n) is 5.98. The van der Waals surface area contributed by atoms with Crippen LogP contribution in [0.2, 0.25) is 0 Å². The number of methoxy groups -OCH3 is 1. The SMILES string of the molecule is COc1cccc(N(C)S(=O)(=O)c2ccc(C#N)nc2)c1. The van der Waals surface area contributed by atoms with E-state index in [1.165, 1.54) is 32.5 Å². The van der Waals surface area contributed by atoms with Crippen LogP contribution in [0.5, 0.6) is 5.75 Å². The average molecular weight is 303 g/mol. The highest BCUT2D eigenvalue weighted by Crippen LogP contribution is 2.25. The molecule has 0 N–H and O–H groups in total. The first-order chi connectivity index (χ1) is 9.98. The highest BCUT2D eigenvalue weighted by Gasteiger charge is 2.22. The minimum absolute atomic E-state index is 0.0202. The normalized spacial score (nSPS) is 10.7. The largest absolute Gasteiger partial charge is 0.497 e. The monoisotopic (exact) mass is 303 g/mol. The lowest BCUT2D eigenvalue weighted by atomic mass is 10.3. The smallest absolute Gasteiger partial charge is 0.265 e. The third kappa shape index (κ3) is 2.95. The Labute approximate surface area is 123 Å². The Morgan fingerprint density at radius 2 is 2.05 bits per heavy atom. The van der Waals surface area contributed by atoms with Gasteiger partial charge in [-0.3, -0.25) is 4.31 Å². The zero-order chi connectivity index (χ0) is 15.5. The van der Waals surface area contributed by atoms with Gasteiger partial charge >= 0.3 is 0 Å². The Balaban J connectivity index is 2.39. The van der Waals surface area contributed by atoms with Gasteiger partial charge in [0.15, 0.2) is 0 Å². The number of hydrogen-bond acceptors (Lipinski definition) is 5. The van der Waals surface area contributed by atoms with Crippen molar-refractivity contribution in [2.75, 3.05) is 18.5 Å². The van der Waals surface area contributed by atoms with Gasteiger partial charge in [-0.2, -0.15) is 5.26 Å². The van der Waals surface area contributed by atoms with Gasteiger partial charge < -0.3 is 4.74 Å². The molecule has 1 aromatic heterocycles. The number of nitrogens with zero attached hydrogens (tertiary/aromatic N) is 3. The van der Waals surface area contributed by atoms with Crippen LogP contribution in [0.25, 0.3) is 0 Å². The van der Waals surface area contributed by atoms with Crippen molar-refractivity contribution in [3.63, 3.8) is 0 Å². The Bertz CT molecular complexity index is 780. The number of sulfonamides is 1. The van der Waals surface area contributed by atoms with E-state index in [4.69, 9.17) is 10.00 Å². The molecule has 21 heavy (non-hydrogen) atoms. The molecule has 2 aromatic rings. The average Bonchev–Trinajstić information content (AvgIpc) is 2.54. The zero-order valence-electron chi connectivity index (χ0n) is 11.5. The second kappa shape index (κ2) is 5.81. The van der Waals surface area contributed by atoms with E-state index in [-0.39, 0.29) is 10.6 Å². The molecule has 0 aliphatic heterocycles. The number of benzene rings is 1. The molecular formula is C14H13N3O3S. The van der Waals surface area contributed by atoms with Crippen LogP contribution in [0, 0.1) is 11.3 Å². The predicted molar refractivity (Wildman–Crippen MR) is 77.5 cm³/mol. The van der Waals surface area contributed by atoms with Gasteiger partial charge in [-0.05, 0) is 24.3 Å². The van der Waals surface area contributed by atoms with E-state index in [2.05, 4.69) is 4.98 Å². The summed E-state index contributed by atoms with van der Waals surface area (Å²) in [5.41, 5.74) is 0.636. The summed E-state index contributed by atoms with van der Waals surface area (Å²) >= 11 is 0. The van der Waals surface area contributed by atoms with Crippen molar-refractivity contribution in [2.24, 2.45) is 0 Å². The second-order valence-corrected chi connectivity index (χ2v) is 6.13. The number of rotatable bonds is 4. The Hall–Kier alpha value is -2.59. The van der Waals surface area contributed by atoms with Gasteiger partial charge in [-0.25, -0.2) is 13.4 Å². The molecule has 6 nitrogen and oxygen atoms in total. The molecule has 0 saturated heterocycles. The van der Waals surface area contributed by atoms with Crippen molar-refractivity contribution in [3.8, 4) is 11.8 Å². The summed E-state index contributed by atoms with van der Waals surface area (Å²) in [7, 11) is -0.777.